The fraction of sp³-hybridized carbons (Fsp3) is 0.571. The molecule has 3 rings (SSSR count). The third-order valence-corrected chi connectivity index (χ3v) is 7.67. The minimum absolute atomic E-state index is 0.0554. The zero-order valence-corrected chi connectivity index (χ0v) is 22.8. The summed E-state index contributed by atoms with van der Waals surface area (Å²) in [6, 6.07) is 3.97. The number of hydrogen-bond donors (Lipinski definition) is 6. The van der Waals surface area contributed by atoms with Gasteiger partial charge >= 0.3 is 5.97 Å². The van der Waals surface area contributed by atoms with Crippen molar-refractivity contribution in [3.05, 3.63) is 36.0 Å². The van der Waals surface area contributed by atoms with Crippen LogP contribution >= 0.6 is 0 Å². The number of carbonyl (C=O) groups is 4. The molecular weight excluding hydrogens is 500 g/mol. The van der Waals surface area contributed by atoms with E-state index in [9.17, 15) is 24.3 Å². The number of nitrogens with one attached hydrogen (secondary N) is 3. The highest BCUT2D eigenvalue weighted by atomic mass is 16.4. The predicted molar refractivity (Wildman–Crippen MR) is 149 cm³/mol. The number of carboxylic acid groups (broad SMARTS) is 1. The summed E-state index contributed by atoms with van der Waals surface area (Å²) in [6.07, 6.45) is 5.26. The van der Waals surface area contributed by atoms with Gasteiger partial charge in [-0.05, 0) is 56.2 Å². The summed E-state index contributed by atoms with van der Waals surface area (Å²) in [5.41, 5.74) is 13.4. The topological polar surface area (TPSA) is 184 Å². The number of fused-ring (bicyclic) bond motifs is 1. The van der Waals surface area contributed by atoms with Crippen molar-refractivity contribution in [2.24, 2.45) is 17.4 Å². The van der Waals surface area contributed by atoms with E-state index in [1.165, 1.54) is 4.90 Å². The number of aromatic nitrogens is 1. The first-order valence-corrected chi connectivity index (χ1v) is 13.8. The number of likely N-dealkylation sites (tertiary alicyclic amines) is 1. The number of aliphatic carboxylic acids is 1. The lowest BCUT2D eigenvalue weighted by atomic mass is 9.98. The number of hydrogen-bond acceptors (Lipinski definition) is 6. The van der Waals surface area contributed by atoms with E-state index in [4.69, 9.17) is 11.5 Å². The maximum absolute atomic E-state index is 13.6. The quantitative estimate of drug-likeness (QED) is 0.194. The van der Waals surface area contributed by atoms with Gasteiger partial charge in [0.25, 0.3) is 0 Å². The molecule has 1 aliphatic rings. The van der Waals surface area contributed by atoms with Gasteiger partial charge in [-0.3, -0.25) is 14.4 Å². The first kappa shape index (κ1) is 30.1. The van der Waals surface area contributed by atoms with E-state index in [1.807, 2.05) is 38.1 Å². The number of carbonyl (C=O) groups excluding carboxylic acids is 3. The molecule has 39 heavy (non-hydrogen) atoms. The standard InChI is InChI=1S/C28H42N6O5/c1-3-17(2)24(30)26(36)32-21(11-6-7-13-29)27(37)34-14-8-12-23(34)25(35)33-22(28(38)39)15-18-16-31-20-10-5-4-9-19(18)20/h4-5,9-10,16-17,21-24,31H,3,6-8,11-15,29-30H2,1-2H3,(H,32,36)(H,33,35)(H,38,39). The second-order valence-electron chi connectivity index (χ2n) is 10.4. The zero-order chi connectivity index (χ0) is 28.5. The molecule has 1 saturated heterocycles. The lowest BCUT2D eigenvalue weighted by molar-refractivity contribution is -0.145. The van der Waals surface area contributed by atoms with Gasteiger partial charge in [0.2, 0.25) is 17.7 Å². The number of aromatic amines is 1. The maximum Gasteiger partial charge on any atom is 0.326 e. The molecule has 0 aliphatic carbocycles. The number of carboxylic acids is 1. The first-order valence-electron chi connectivity index (χ1n) is 13.8. The second-order valence-corrected chi connectivity index (χ2v) is 10.4. The Balaban J connectivity index is 1.72. The lowest BCUT2D eigenvalue weighted by Crippen LogP contribution is -2.57. The summed E-state index contributed by atoms with van der Waals surface area (Å²) >= 11 is 0. The van der Waals surface area contributed by atoms with E-state index in [0.717, 1.165) is 22.9 Å². The van der Waals surface area contributed by atoms with Gasteiger partial charge in [-0.1, -0.05) is 38.5 Å². The zero-order valence-electron chi connectivity index (χ0n) is 22.8. The molecule has 5 atom stereocenters. The summed E-state index contributed by atoms with van der Waals surface area (Å²) < 4.78 is 0. The number of nitrogens with zero attached hydrogens (tertiary/aromatic N) is 1. The number of amides is 3. The van der Waals surface area contributed by atoms with E-state index in [2.05, 4.69) is 15.6 Å². The van der Waals surface area contributed by atoms with Crippen LogP contribution in [0.4, 0.5) is 0 Å². The van der Waals surface area contributed by atoms with Crippen molar-refractivity contribution in [3.8, 4) is 0 Å². The molecule has 1 fully saturated rings. The van der Waals surface area contributed by atoms with Crippen LogP contribution < -0.4 is 22.1 Å². The molecule has 2 heterocycles. The van der Waals surface area contributed by atoms with Gasteiger partial charge in [0.1, 0.15) is 18.1 Å². The number of para-hydroxylation sites is 1. The molecule has 5 unspecified atom stereocenters. The van der Waals surface area contributed by atoms with Gasteiger partial charge in [-0.15, -0.1) is 0 Å². The predicted octanol–water partition coefficient (Wildman–Crippen LogP) is 1.26. The highest BCUT2D eigenvalue weighted by Crippen LogP contribution is 2.22. The van der Waals surface area contributed by atoms with Gasteiger partial charge in [0.05, 0.1) is 6.04 Å². The van der Waals surface area contributed by atoms with Crippen LogP contribution in [0, 0.1) is 5.92 Å². The first-order chi connectivity index (χ1) is 18.7. The summed E-state index contributed by atoms with van der Waals surface area (Å²) in [7, 11) is 0. The average molecular weight is 543 g/mol. The molecule has 11 heteroatoms. The van der Waals surface area contributed by atoms with E-state index in [-0.39, 0.29) is 18.2 Å². The summed E-state index contributed by atoms with van der Waals surface area (Å²) in [6.45, 7) is 4.63. The molecule has 2 aromatic rings. The van der Waals surface area contributed by atoms with Crippen molar-refractivity contribution in [1.29, 1.82) is 0 Å². The average Bonchev–Trinajstić information content (AvgIpc) is 3.58. The van der Waals surface area contributed by atoms with Crippen molar-refractivity contribution in [2.75, 3.05) is 13.1 Å². The Labute approximate surface area is 229 Å². The Bertz CT molecular complexity index is 1150. The molecule has 0 saturated carbocycles. The van der Waals surface area contributed by atoms with Gasteiger partial charge in [0, 0.05) is 30.1 Å². The Morgan fingerprint density at radius 2 is 1.90 bits per heavy atom. The van der Waals surface area contributed by atoms with Crippen molar-refractivity contribution in [1.82, 2.24) is 20.5 Å². The van der Waals surface area contributed by atoms with Crippen LogP contribution in [0.1, 0.15) is 57.9 Å². The minimum Gasteiger partial charge on any atom is -0.480 e. The fourth-order valence-electron chi connectivity index (χ4n) is 5.02. The Hall–Kier alpha value is -3.44. The Kier molecular flexibility index (Phi) is 10.9. The largest absolute Gasteiger partial charge is 0.480 e. The van der Waals surface area contributed by atoms with Gasteiger partial charge in [-0.2, -0.15) is 0 Å². The van der Waals surface area contributed by atoms with E-state index < -0.39 is 42.0 Å². The van der Waals surface area contributed by atoms with Crippen molar-refractivity contribution in [3.63, 3.8) is 0 Å². The Morgan fingerprint density at radius 3 is 2.59 bits per heavy atom. The smallest absolute Gasteiger partial charge is 0.326 e. The van der Waals surface area contributed by atoms with Crippen LogP contribution in [0.5, 0.6) is 0 Å². The molecule has 1 aromatic heterocycles. The van der Waals surface area contributed by atoms with E-state index in [1.54, 1.807) is 6.20 Å². The normalized spacial score (nSPS) is 18.4. The number of rotatable bonds is 14. The van der Waals surface area contributed by atoms with E-state index >= 15 is 0 Å². The van der Waals surface area contributed by atoms with Crippen LogP contribution in [0.2, 0.25) is 0 Å². The summed E-state index contributed by atoms with van der Waals surface area (Å²) in [5.74, 6) is -2.50. The van der Waals surface area contributed by atoms with Crippen molar-refractivity contribution in [2.45, 2.75) is 83.0 Å². The molecular formula is C28H42N6O5. The Morgan fingerprint density at radius 1 is 1.15 bits per heavy atom. The number of H-pyrrole nitrogens is 1. The molecule has 214 valence electrons. The molecule has 8 N–H and O–H groups in total. The van der Waals surface area contributed by atoms with Gasteiger partial charge in [-0.25, -0.2) is 4.79 Å². The molecule has 1 aliphatic heterocycles. The molecule has 11 nitrogen and oxygen atoms in total. The summed E-state index contributed by atoms with van der Waals surface area (Å²) in [4.78, 5) is 56.4. The van der Waals surface area contributed by atoms with Crippen molar-refractivity contribution >= 4 is 34.6 Å². The van der Waals surface area contributed by atoms with Crippen LogP contribution in [0.3, 0.4) is 0 Å². The second kappa shape index (κ2) is 14.1. The van der Waals surface area contributed by atoms with E-state index in [0.29, 0.717) is 45.2 Å². The van der Waals surface area contributed by atoms with Crippen molar-refractivity contribution < 1.29 is 24.3 Å². The SMILES string of the molecule is CCC(C)C(N)C(=O)NC(CCCCN)C(=O)N1CCCC1C(=O)NC(Cc1c[nH]c2ccccc12)C(=O)O. The molecule has 0 radical (unpaired) electrons. The highest BCUT2D eigenvalue weighted by molar-refractivity contribution is 5.94. The third kappa shape index (κ3) is 7.57. The summed E-state index contributed by atoms with van der Waals surface area (Å²) in [5, 5.41) is 16.2. The molecule has 1 aromatic carbocycles. The van der Waals surface area contributed by atoms with Gasteiger partial charge < -0.3 is 37.1 Å². The van der Waals surface area contributed by atoms with Gasteiger partial charge in [0.15, 0.2) is 0 Å². The highest BCUT2D eigenvalue weighted by Gasteiger charge is 2.39. The fourth-order valence-corrected chi connectivity index (χ4v) is 5.02. The molecule has 0 spiro atoms. The molecule has 0 bridgehead atoms. The molecule has 3 amide bonds. The number of nitrogens with two attached hydrogens (primary N) is 2. The van der Waals surface area contributed by atoms with Crippen LogP contribution in [-0.2, 0) is 25.6 Å². The maximum atomic E-state index is 13.6. The monoisotopic (exact) mass is 542 g/mol. The van der Waals surface area contributed by atoms with Crippen LogP contribution in [-0.4, -0.2) is 75.9 Å². The number of unbranched alkanes of at least 4 members (excludes halogenated alkanes) is 1. The van der Waals surface area contributed by atoms with Crippen LogP contribution in [0.25, 0.3) is 10.9 Å². The number of benzene rings is 1. The minimum atomic E-state index is -1.16. The lowest BCUT2D eigenvalue weighted by Gasteiger charge is -2.30. The third-order valence-electron chi connectivity index (χ3n) is 7.67. The van der Waals surface area contributed by atoms with Crippen LogP contribution in [0.15, 0.2) is 30.5 Å².